The summed E-state index contributed by atoms with van der Waals surface area (Å²) in [5.74, 6) is 0. The number of aromatic nitrogens is 2. The molecule has 2 nitrogen and oxygen atoms in total. The van der Waals surface area contributed by atoms with Crippen LogP contribution < -0.4 is 0 Å². The molecule has 1 aromatic heterocycles. The topological polar surface area (TPSA) is 17.8 Å². The van der Waals surface area contributed by atoms with Gasteiger partial charge in [0.15, 0.2) is 0 Å². The van der Waals surface area contributed by atoms with E-state index in [1.807, 2.05) is 12.4 Å². The Morgan fingerprint density at radius 3 is 2.50 bits per heavy atom. The van der Waals surface area contributed by atoms with Gasteiger partial charge in [-0.3, -0.25) is 0 Å². The first-order valence-corrected chi connectivity index (χ1v) is 7.31. The fourth-order valence-electron chi connectivity index (χ4n) is 2.43. The van der Waals surface area contributed by atoms with Crippen LogP contribution in [0.4, 0.5) is 0 Å². The second-order valence-corrected chi connectivity index (χ2v) is 5.05. The Morgan fingerprint density at radius 2 is 1.67 bits per heavy atom. The molecule has 0 N–H and O–H groups in total. The number of rotatable bonds is 8. The van der Waals surface area contributed by atoms with E-state index in [1.54, 1.807) is 0 Å². The largest absolute Gasteiger partial charge is 0.331 e. The Balaban J connectivity index is 1.70. The van der Waals surface area contributed by atoms with E-state index in [9.17, 15) is 0 Å². The van der Waals surface area contributed by atoms with Crippen LogP contribution in [-0.4, -0.2) is 9.55 Å². The predicted octanol–water partition coefficient (Wildman–Crippen LogP) is 4.79. The maximum absolute atomic E-state index is 4.42. The highest BCUT2D eigenvalue weighted by Gasteiger charge is 2.00. The summed E-state index contributed by atoms with van der Waals surface area (Å²) in [7, 11) is 0. The van der Waals surface area contributed by atoms with Crippen molar-refractivity contribution < 1.29 is 0 Å². The van der Waals surface area contributed by atoms with Crippen LogP contribution in [0.2, 0.25) is 0 Å². The molecule has 0 spiro atoms. The fourth-order valence-corrected chi connectivity index (χ4v) is 2.43. The zero-order valence-electron chi connectivity index (χ0n) is 11.4. The van der Waals surface area contributed by atoms with Crippen molar-refractivity contribution in [3.63, 3.8) is 0 Å². The van der Waals surface area contributed by atoms with Gasteiger partial charge >= 0.3 is 0 Å². The zero-order chi connectivity index (χ0) is 12.6. The Kier molecular flexibility index (Phi) is 5.25. The second-order valence-electron chi connectivity index (χ2n) is 5.05. The van der Waals surface area contributed by atoms with Gasteiger partial charge in [-0.05, 0) is 18.6 Å². The summed E-state index contributed by atoms with van der Waals surface area (Å²) in [6.07, 6.45) is 11.5. The standard InChI is InChI=1S/C16H24N2/c1-2-3-4-5-6-7-10-13-18-14-17-15-11-8-9-12-16(15)18/h8-9,11-12,14H,2-7,10,13H2,1H3. The van der Waals surface area contributed by atoms with Crippen molar-refractivity contribution in [1.82, 2.24) is 9.55 Å². The smallest absolute Gasteiger partial charge is 0.0958 e. The van der Waals surface area contributed by atoms with Crippen molar-refractivity contribution in [2.45, 2.75) is 58.4 Å². The number of hydrogen-bond acceptors (Lipinski definition) is 1. The van der Waals surface area contributed by atoms with Gasteiger partial charge in [-0.25, -0.2) is 4.98 Å². The van der Waals surface area contributed by atoms with Crippen molar-refractivity contribution in [2.24, 2.45) is 0 Å². The van der Waals surface area contributed by atoms with Crippen LogP contribution in [0.1, 0.15) is 51.9 Å². The van der Waals surface area contributed by atoms with Gasteiger partial charge in [0.1, 0.15) is 0 Å². The molecule has 98 valence electrons. The first-order chi connectivity index (χ1) is 8.92. The maximum Gasteiger partial charge on any atom is 0.0958 e. The van der Waals surface area contributed by atoms with E-state index in [4.69, 9.17) is 0 Å². The molecule has 0 bridgehead atoms. The lowest BCUT2D eigenvalue weighted by Crippen LogP contribution is -1.95. The molecule has 0 aliphatic carbocycles. The molecule has 2 heteroatoms. The van der Waals surface area contributed by atoms with E-state index in [-0.39, 0.29) is 0 Å². The van der Waals surface area contributed by atoms with E-state index in [2.05, 4.69) is 34.7 Å². The molecular formula is C16H24N2. The quantitative estimate of drug-likeness (QED) is 0.611. The third-order valence-electron chi connectivity index (χ3n) is 3.53. The lowest BCUT2D eigenvalue weighted by molar-refractivity contribution is 0.555. The van der Waals surface area contributed by atoms with Crippen LogP contribution >= 0.6 is 0 Å². The van der Waals surface area contributed by atoms with Crippen molar-refractivity contribution in [3.05, 3.63) is 30.6 Å². The molecule has 18 heavy (non-hydrogen) atoms. The predicted molar refractivity (Wildman–Crippen MR) is 77.7 cm³/mol. The van der Waals surface area contributed by atoms with E-state index in [1.165, 1.54) is 50.5 Å². The summed E-state index contributed by atoms with van der Waals surface area (Å²) in [4.78, 5) is 4.42. The SMILES string of the molecule is CCCCCCCCCn1cnc2ccccc21. The van der Waals surface area contributed by atoms with Crippen LogP contribution in [0.15, 0.2) is 30.6 Å². The number of para-hydroxylation sites is 2. The minimum Gasteiger partial charge on any atom is -0.331 e. The van der Waals surface area contributed by atoms with E-state index >= 15 is 0 Å². The van der Waals surface area contributed by atoms with Crippen molar-refractivity contribution in [2.75, 3.05) is 0 Å². The average Bonchev–Trinajstić information content (AvgIpc) is 2.81. The van der Waals surface area contributed by atoms with Gasteiger partial charge in [-0.1, -0.05) is 57.6 Å². The van der Waals surface area contributed by atoms with E-state index in [0.717, 1.165) is 12.1 Å². The molecule has 0 aliphatic heterocycles. The van der Waals surface area contributed by atoms with Crippen LogP contribution in [0.25, 0.3) is 11.0 Å². The summed E-state index contributed by atoms with van der Waals surface area (Å²) in [5.41, 5.74) is 2.38. The van der Waals surface area contributed by atoms with Crippen LogP contribution in [0.3, 0.4) is 0 Å². The summed E-state index contributed by atoms with van der Waals surface area (Å²) in [5, 5.41) is 0. The Bertz CT molecular complexity index is 459. The van der Waals surface area contributed by atoms with Gasteiger partial charge in [-0.2, -0.15) is 0 Å². The number of aryl methyl sites for hydroxylation is 1. The highest BCUT2D eigenvalue weighted by atomic mass is 15.0. The van der Waals surface area contributed by atoms with Crippen molar-refractivity contribution in [1.29, 1.82) is 0 Å². The molecule has 0 fully saturated rings. The normalized spacial score (nSPS) is 11.2. The summed E-state index contributed by atoms with van der Waals surface area (Å²) < 4.78 is 2.28. The van der Waals surface area contributed by atoms with Crippen molar-refractivity contribution >= 4 is 11.0 Å². The Morgan fingerprint density at radius 1 is 0.944 bits per heavy atom. The molecule has 0 saturated heterocycles. The van der Waals surface area contributed by atoms with Gasteiger partial charge in [0.05, 0.1) is 17.4 Å². The fraction of sp³-hybridized carbons (Fsp3) is 0.562. The van der Waals surface area contributed by atoms with Crippen LogP contribution in [0.5, 0.6) is 0 Å². The third kappa shape index (κ3) is 3.59. The first-order valence-electron chi connectivity index (χ1n) is 7.31. The van der Waals surface area contributed by atoms with Gasteiger partial charge in [0.25, 0.3) is 0 Å². The molecule has 0 aliphatic rings. The van der Waals surface area contributed by atoms with Gasteiger partial charge in [0.2, 0.25) is 0 Å². The molecule has 0 unspecified atom stereocenters. The molecule has 0 saturated carbocycles. The van der Waals surface area contributed by atoms with Crippen molar-refractivity contribution in [3.8, 4) is 0 Å². The molecular weight excluding hydrogens is 220 g/mol. The lowest BCUT2D eigenvalue weighted by Gasteiger charge is -2.04. The van der Waals surface area contributed by atoms with E-state index in [0.29, 0.717) is 0 Å². The monoisotopic (exact) mass is 244 g/mol. The minimum absolute atomic E-state index is 1.11. The molecule has 0 amide bonds. The second kappa shape index (κ2) is 7.20. The Hall–Kier alpha value is -1.31. The number of fused-ring (bicyclic) bond motifs is 1. The summed E-state index contributed by atoms with van der Waals surface area (Å²) in [6.45, 7) is 3.37. The average molecular weight is 244 g/mol. The molecule has 2 aromatic rings. The summed E-state index contributed by atoms with van der Waals surface area (Å²) >= 11 is 0. The highest BCUT2D eigenvalue weighted by Crippen LogP contribution is 2.13. The molecule has 0 atom stereocenters. The summed E-state index contributed by atoms with van der Waals surface area (Å²) in [6, 6.07) is 8.37. The minimum atomic E-state index is 1.11. The third-order valence-corrected chi connectivity index (χ3v) is 3.53. The molecule has 1 aromatic carbocycles. The number of benzene rings is 1. The van der Waals surface area contributed by atoms with Gasteiger partial charge < -0.3 is 4.57 Å². The van der Waals surface area contributed by atoms with Gasteiger partial charge in [0, 0.05) is 6.54 Å². The highest BCUT2D eigenvalue weighted by molar-refractivity contribution is 5.74. The first kappa shape index (κ1) is 13.1. The Labute approximate surface area is 110 Å². The zero-order valence-corrected chi connectivity index (χ0v) is 11.4. The van der Waals surface area contributed by atoms with E-state index < -0.39 is 0 Å². The number of hydrogen-bond donors (Lipinski definition) is 0. The van der Waals surface area contributed by atoms with Crippen LogP contribution in [-0.2, 0) is 6.54 Å². The molecule has 1 heterocycles. The number of unbranched alkanes of at least 4 members (excludes halogenated alkanes) is 6. The lowest BCUT2D eigenvalue weighted by atomic mass is 10.1. The number of imidazole rings is 1. The maximum atomic E-state index is 4.42. The number of nitrogens with zero attached hydrogens (tertiary/aromatic N) is 2. The molecule has 2 rings (SSSR count). The van der Waals surface area contributed by atoms with Gasteiger partial charge in [-0.15, -0.1) is 0 Å². The van der Waals surface area contributed by atoms with Crippen LogP contribution in [0, 0.1) is 0 Å². The molecule has 0 radical (unpaired) electrons.